The van der Waals surface area contributed by atoms with Crippen molar-refractivity contribution in [2.45, 2.75) is 38.6 Å². The van der Waals surface area contributed by atoms with Crippen molar-refractivity contribution in [3.63, 3.8) is 0 Å². The van der Waals surface area contributed by atoms with Gasteiger partial charge in [-0.15, -0.1) is 0 Å². The average molecular weight is 246 g/mol. The highest BCUT2D eigenvalue weighted by atomic mass is 16.6. The van der Waals surface area contributed by atoms with Gasteiger partial charge in [-0.2, -0.15) is 0 Å². The first kappa shape index (κ1) is 11.5. The fraction of sp³-hybridized carbons (Fsp3) is 0.571. The molecule has 4 nitrogen and oxygen atoms in total. The highest BCUT2D eigenvalue weighted by Gasteiger charge is 2.42. The van der Waals surface area contributed by atoms with Crippen molar-refractivity contribution in [3.05, 3.63) is 33.9 Å². The summed E-state index contributed by atoms with van der Waals surface area (Å²) in [4.78, 5) is 10.9. The molecule has 4 heteroatoms. The molecule has 0 saturated heterocycles. The van der Waals surface area contributed by atoms with Gasteiger partial charge in [0.15, 0.2) is 0 Å². The number of aryl methyl sites for hydroxylation is 1. The number of para-hydroxylation sites is 1. The van der Waals surface area contributed by atoms with Crippen molar-refractivity contribution < 1.29 is 4.92 Å². The van der Waals surface area contributed by atoms with E-state index in [1.165, 1.54) is 25.7 Å². The molecule has 0 spiro atoms. The molecule has 3 rings (SSSR count). The Morgan fingerprint density at radius 3 is 2.39 bits per heavy atom. The zero-order valence-corrected chi connectivity index (χ0v) is 10.6. The largest absolute Gasteiger partial charge is 0.376 e. The van der Waals surface area contributed by atoms with E-state index in [1.54, 1.807) is 13.0 Å². The quantitative estimate of drug-likeness (QED) is 0.639. The predicted molar refractivity (Wildman–Crippen MR) is 70.7 cm³/mol. The van der Waals surface area contributed by atoms with Crippen LogP contribution in [0.2, 0.25) is 0 Å². The SMILES string of the molecule is Cc1cccc(NC(C2CC2)C2CC2)c1[N+](=O)[O-]. The number of nitro groups is 1. The lowest BCUT2D eigenvalue weighted by atomic mass is 10.1. The minimum absolute atomic E-state index is 0.240. The van der Waals surface area contributed by atoms with Gasteiger partial charge in [0.2, 0.25) is 0 Å². The van der Waals surface area contributed by atoms with Gasteiger partial charge in [0.25, 0.3) is 5.69 Å². The van der Waals surface area contributed by atoms with Gasteiger partial charge in [0.05, 0.1) is 4.92 Å². The average Bonchev–Trinajstić information content (AvgIpc) is 3.17. The second kappa shape index (κ2) is 4.26. The molecule has 1 aromatic carbocycles. The third-order valence-electron chi connectivity index (χ3n) is 4.00. The molecular formula is C14H18N2O2. The summed E-state index contributed by atoms with van der Waals surface area (Å²) in [5, 5.41) is 14.6. The highest BCUT2D eigenvalue weighted by molar-refractivity contribution is 5.65. The first-order valence-corrected chi connectivity index (χ1v) is 6.67. The summed E-state index contributed by atoms with van der Waals surface area (Å²) >= 11 is 0. The molecule has 1 aromatic rings. The Bertz CT molecular complexity index is 467. The molecule has 0 bridgehead atoms. The molecule has 0 radical (unpaired) electrons. The predicted octanol–water partition coefficient (Wildman–Crippen LogP) is 3.50. The third-order valence-corrected chi connectivity index (χ3v) is 4.00. The van der Waals surface area contributed by atoms with Crippen molar-refractivity contribution in [1.29, 1.82) is 0 Å². The maximum absolute atomic E-state index is 11.2. The summed E-state index contributed by atoms with van der Waals surface area (Å²) in [5.41, 5.74) is 1.67. The van der Waals surface area contributed by atoms with Crippen molar-refractivity contribution in [2.75, 3.05) is 5.32 Å². The Hall–Kier alpha value is -1.58. The molecule has 18 heavy (non-hydrogen) atoms. The van der Waals surface area contributed by atoms with E-state index in [-0.39, 0.29) is 10.6 Å². The molecule has 1 N–H and O–H groups in total. The van der Waals surface area contributed by atoms with Gasteiger partial charge in [-0.1, -0.05) is 12.1 Å². The number of rotatable bonds is 5. The van der Waals surface area contributed by atoms with Crippen molar-refractivity contribution in [3.8, 4) is 0 Å². The van der Waals surface area contributed by atoms with Crippen molar-refractivity contribution >= 4 is 11.4 Å². The van der Waals surface area contributed by atoms with Crippen LogP contribution in [0, 0.1) is 28.9 Å². The van der Waals surface area contributed by atoms with Gasteiger partial charge in [0.1, 0.15) is 5.69 Å². The molecule has 0 atom stereocenters. The fourth-order valence-electron chi connectivity index (χ4n) is 2.73. The molecule has 2 aliphatic carbocycles. The van der Waals surface area contributed by atoms with Crippen LogP contribution in [-0.2, 0) is 0 Å². The minimum atomic E-state index is -0.269. The lowest BCUT2D eigenvalue weighted by molar-refractivity contribution is -0.384. The topological polar surface area (TPSA) is 55.2 Å². The first-order valence-electron chi connectivity index (χ1n) is 6.67. The summed E-state index contributed by atoms with van der Waals surface area (Å²) in [6.07, 6.45) is 5.09. The number of hydrogen-bond acceptors (Lipinski definition) is 3. The lowest BCUT2D eigenvalue weighted by Gasteiger charge is -2.19. The maximum atomic E-state index is 11.2. The van der Waals surface area contributed by atoms with E-state index in [2.05, 4.69) is 5.32 Å². The molecule has 0 amide bonds. The molecule has 2 aliphatic rings. The van der Waals surface area contributed by atoms with E-state index < -0.39 is 0 Å². The van der Waals surface area contributed by atoms with E-state index in [1.807, 2.05) is 12.1 Å². The molecule has 0 heterocycles. The van der Waals surface area contributed by atoms with Gasteiger partial charge >= 0.3 is 0 Å². The van der Waals surface area contributed by atoms with E-state index in [0.29, 0.717) is 11.7 Å². The van der Waals surface area contributed by atoms with E-state index in [0.717, 1.165) is 17.4 Å². The number of benzene rings is 1. The smallest absolute Gasteiger partial charge is 0.295 e. The number of nitrogens with zero attached hydrogens (tertiary/aromatic N) is 1. The Morgan fingerprint density at radius 2 is 1.89 bits per heavy atom. The van der Waals surface area contributed by atoms with Gasteiger partial charge in [0, 0.05) is 11.6 Å². The summed E-state index contributed by atoms with van der Waals surface area (Å²) in [6, 6.07) is 5.97. The van der Waals surface area contributed by atoms with Crippen LogP contribution in [0.15, 0.2) is 18.2 Å². The van der Waals surface area contributed by atoms with Crippen LogP contribution in [0.25, 0.3) is 0 Å². The lowest BCUT2D eigenvalue weighted by Crippen LogP contribution is -2.24. The molecular weight excluding hydrogens is 228 g/mol. The van der Waals surface area contributed by atoms with Crippen molar-refractivity contribution in [1.82, 2.24) is 0 Å². The molecule has 0 aliphatic heterocycles. The number of nitrogens with one attached hydrogen (secondary N) is 1. The van der Waals surface area contributed by atoms with Crippen LogP contribution in [0.1, 0.15) is 31.2 Å². The minimum Gasteiger partial charge on any atom is -0.376 e. The number of nitro benzene ring substituents is 1. The van der Waals surface area contributed by atoms with E-state index >= 15 is 0 Å². The molecule has 0 unspecified atom stereocenters. The monoisotopic (exact) mass is 246 g/mol. The molecule has 96 valence electrons. The standard InChI is InChI=1S/C14H18N2O2/c1-9-3-2-4-12(14(9)16(17)18)15-13(10-5-6-10)11-7-8-11/h2-4,10-11,13,15H,5-8H2,1H3. The van der Waals surface area contributed by atoms with E-state index in [9.17, 15) is 10.1 Å². The summed E-state index contributed by atoms with van der Waals surface area (Å²) in [6.45, 7) is 1.80. The zero-order chi connectivity index (χ0) is 12.7. The van der Waals surface area contributed by atoms with Gasteiger partial charge in [-0.05, 0) is 50.5 Å². The first-order chi connectivity index (χ1) is 8.66. The van der Waals surface area contributed by atoms with Crippen LogP contribution in [0.3, 0.4) is 0 Å². The fourth-order valence-corrected chi connectivity index (χ4v) is 2.73. The molecule has 2 saturated carbocycles. The molecule has 0 aromatic heterocycles. The normalized spacial score (nSPS) is 19.0. The highest BCUT2D eigenvalue weighted by Crippen LogP contribution is 2.46. The molecule has 2 fully saturated rings. The van der Waals surface area contributed by atoms with Gasteiger partial charge < -0.3 is 5.32 Å². The zero-order valence-electron chi connectivity index (χ0n) is 10.6. The van der Waals surface area contributed by atoms with E-state index in [4.69, 9.17) is 0 Å². The van der Waals surface area contributed by atoms with Crippen LogP contribution < -0.4 is 5.32 Å². The number of anilines is 1. The van der Waals surface area contributed by atoms with Crippen LogP contribution in [0.4, 0.5) is 11.4 Å². The summed E-state index contributed by atoms with van der Waals surface area (Å²) in [5.74, 6) is 1.47. The Kier molecular flexibility index (Phi) is 2.73. The Morgan fingerprint density at radius 1 is 1.28 bits per heavy atom. The van der Waals surface area contributed by atoms with Crippen LogP contribution in [0.5, 0.6) is 0 Å². The van der Waals surface area contributed by atoms with Crippen LogP contribution in [-0.4, -0.2) is 11.0 Å². The van der Waals surface area contributed by atoms with Crippen LogP contribution >= 0.6 is 0 Å². The third kappa shape index (κ3) is 2.19. The maximum Gasteiger partial charge on any atom is 0.295 e. The second-order valence-electron chi connectivity index (χ2n) is 5.57. The Labute approximate surface area is 107 Å². The van der Waals surface area contributed by atoms with Gasteiger partial charge in [-0.25, -0.2) is 0 Å². The van der Waals surface area contributed by atoms with Gasteiger partial charge in [-0.3, -0.25) is 10.1 Å². The second-order valence-corrected chi connectivity index (χ2v) is 5.57. The summed E-state index contributed by atoms with van der Waals surface area (Å²) < 4.78 is 0. The Balaban J connectivity index is 1.86. The van der Waals surface area contributed by atoms with Crippen molar-refractivity contribution in [2.24, 2.45) is 11.8 Å². The summed E-state index contributed by atoms with van der Waals surface area (Å²) in [7, 11) is 0. The number of hydrogen-bond donors (Lipinski definition) is 1.